The summed E-state index contributed by atoms with van der Waals surface area (Å²) in [6.07, 6.45) is 3.74. The number of carbonyl (C=O) groups excluding carboxylic acids is 1. The van der Waals surface area contributed by atoms with Crippen LogP contribution >= 0.6 is 0 Å². The van der Waals surface area contributed by atoms with Crippen LogP contribution in [0.4, 0.5) is 4.39 Å². The zero-order valence-corrected chi connectivity index (χ0v) is 12.8. The highest BCUT2D eigenvalue weighted by atomic mass is 19.1. The van der Waals surface area contributed by atoms with Gasteiger partial charge in [-0.3, -0.25) is 0 Å². The van der Waals surface area contributed by atoms with Crippen molar-refractivity contribution in [1.29, 1.82) is 0 Å². The third kappa shape index (κ3) is 3.42. The Bertz CT molecular complexity index is 765. The molecule has 0 atom stereocenters. The summed E-state index contributed by atoms with van der Waals surface area (Å²) in [7, 11) is 0. The van der Waals surface area contributed by atoms with Crippen LogP contribution in [0.3, 0.4) is 0 Å². The minimum atomic E-state index is -0.334. The molecule has 2 aromatic rings. The monoisotopic (exact) mass is 312 g/mol. The molecule has 1 aliphatic rings. The van der Waals surface area contributed by atoms with Gasteiger partial charge in [0.05, 0.1) is 5.56 Å². The molecule has 0 unspecified atom stereocenters. The second-order valence-electron chi connectivity index (χ2n) is 5.37. The average molecular weight is 312 g/mol. The number of cyclic esters (lactones) is 1. The lowest BCUT2D eigenvalue weighted by Crippen LogP contribution is -1.97. The summed E-state index contributed by atoms with van der Waals surface area (Å²) in [5.74, 6) is 0.583. The lowest BCUT2D eigenvalue weighted by atomic mass is 10.1. The number of benzene rings is 2. The van der Waals surface area contributed by atoms with E-state index >= 15 is 0 Å². The summed E-state index contributed by atoms with van der Waals surface area (Å²) in [4.78, 5) is 11.8. The van der Waals surface area contributed by atoms with Crippen molar-refractivity contribution in [2.75, 3.05) is 0 Å². The van der Waals surface area contributed by atoms with Gasteiger partial charge in [0.1, 0.15) is 23.9 Å². The van der Waals surface area contributed by atoms with E-state index in [0.717, 1.165) is 24.0 Å². The summed E-state index contributed by atoms with van der Waals surface area (Å²) in [6, 6.07) is 11.5. The summed E-state index contributed by atoms with van der Waals surface area (Å²) in [5, 5.41) is 0. The van der Waals surface area contributed by atoms with E-state index in [1.807, 2.05) is 6.08 Å². The van der Waals surface area contributed by atoms with Crippen LogP contribution in [0.15, 0.2) is 48.5 Å². The van der Waals surface area contributed by atoms with E-state index in [1.54, 1.807) is 30.3 Å². The Kier molecular flexibility index (Phi) is 4.42. The molecule has 0 aliphatic carbocycles. The number of hydrogen-bond donors (Lipinski definition) is 0. The molecule has 118 valence electrons. The van der Waals surface area contributed by atoms with Gasteiger partial charge in [-0.25, -0.2) is 9.18 Å². The molecular weight excluding hydrogens is 295 g/mol. The van der Waals surface area contributed by atoms with Crippen molar-refractivity contribution in [2.45, 2.75) is 26.4 Å². The van der Waals surface area contributed by atoms with Gasteiger partial charge in [0, 0.05) is 5.56 Å². The minimum Gasteiger partial charge on any atom is -0.489 e. The number of carbonyl (C=O) groups is 1. The Hall–Kier alpha value is -2.62. The smallest absolute Gasteiger partial charge is 0.344 e. The Balaban J connectivity index is 1.79. The third-order valence-corrected chi connectivity index (χ3v) is 3.59. The first-order chi connectivity index (χ1) is 11.2. The predicted molar refractivity (Wildman–Crippen MR) is 85.5 cm³/mol. The molecule has 0 N–H and O–H groups in total. The molecule has 0 amide bonds. The van der Waals surface area contributed by atoms with Gasteiger partial charge in [-0.15, -0.1) is 0 Å². The van der Waals surface area contributed by atoms with Gasteiger partial charge in [0.15, 0.2) is 0 Å². The highest BCUT2D eigenvalue weighted by Crippen LogP contribution is 2.33. The number of allylic oxidation sites excluding steroid dienone is 1. The Labute approximate surface area is 134 Å². The van der Waals surface area contributed by atoms with Crippen LogP contribution in [-0.2, 0) is 11.3 Å². The van der Waals surface area contributed by atoms with Gasteiger partial charge in [0.25, 0.3) is 0 Å². The van der Waals surface area contributed by atoms with Crippen molar-refractivity contribution in [3.8, 4) is 5.75 Å². The molecule has 3 nitrogen and oxygen atoms in total. The molecule has 2 aromatic carbocycles. The molecule has 0 saturated heterocycles. The Morgan fingerprint density at radius 2 is 2.04 bits per heavy atom. The number of ether oxygens (including phenoxy) is 2. The van der Waals surface area contributed by atoms with Crippen LogP contribution in [0, 0.1) is 5.82 Å². The second-order valence-corrected chi connectivity index (χ2v) is 5.37. The molecule has 0 aromatic heterocycles. The predicted octanol–water partition coefficient (Wildman–Crippen LogP) is 4.72. The van der Waals surface area contributed by atoms with E-state index in [1.165, 1.54) is 12.1 Å². The maximum atomic E-state index is 13.2. The fourth-order valence-corrected chi connectivity index (χ4v) is 2.43. The minimum absolute atomic E-state index is 0.263. The zero-order valence-electron chi connectivity index (χ0n) is 12.8. The lowest BCUT2D eigenvalue weighted by Gasteiger charge is -2.07. The molecule has 4 heteroatoms. The molecule has 1 aliphatic heterocycles. The van der Waals surface area contributed by atoms with Gasteiger partial charge in [-0.2, -0.15) is 0 Å². The van der Waals surface area contributed by atoms with Crippen molar-refractivity contribution in [2.24, 2.45) is 0 Å². The maximum Gasteiger partial charge on any atom is 0.344 e. The lowest BCUT2D eigenvalue weighted by molar-refractivity contribution is 0.0715. The Morgan fingerprint density at radius 1 is 1.17 bits per heavy atom. The normalized spacial score (nSPS) is 14.7. The summed E-state index contributed by atoms with van der Waals surface area (Å²) >= 11 is 0. The molecule has 0 saturated carbocycles. The van der Waals surface area contributed by atoms with E-state index in [-0.39, 0.29) is 18.4 Å². The van der Waals surface area contributed by atoms with Crippen LogP contribution in [0.5, 0.6) is 5.75 Å². The molecular formula is C19H17FO3. The van der Waals surface area contributed by atoms with Crippen LogP contribution in [0.1, 0.15) is 41.3 Å². The highest BCUT2D eigenvalue weighted by molar-refractivity contribution is 6.03. The zero-order chi connectivity index (χ0) is 16.2. The quantitative estimate of drug-likeness (QED) is 0.750. The summed E-state index contributed by atoms with van der Waals surface area (Å²) in [5.41, 5.74) is 2.05. The fourth-order valence-electron chi connectivity index (χ4n) is 2.43. The average Bonchev–Trinajstić information content (AvgIpc) is 2.87. The molecule has 0 radical (unpaired) electrons. The van der Waals surface area contributed by atoms with E-state index in [9.17, 15) is 9.18 Å². The molecule has 3 rings (SSSR count). The first kappa shape index (κ1) is 15.3. The van der Waals surface area contributed by atoms with E-state index < -0.39 is 0 Å². The number of esters is 1. The van der Waals surface area contributed by atoms with E-state index in [2.05, 4.69) is 6.92 Å². The third-order valence-electron chi connectivity index (χ3n) is 3.59. The van der Waals surface area contributed by atoms with Crippen LogP contribution in [0.25, 0.3) is 5.76 Å². The first-order valence-electron chi connectivity index (χ1n) is 7.61. The summed E-state index contributed by atoms with van der Waals surface area (Å²) < 4.78 is 24.2. The second kappa shape index (κ2) is 6.65. The van der Waals surface area contributed by atoms with Crippen molar-refractivity contribution in [1.82, 2.24) is 0 Å². The largest absolute Gasteiger partial charge is 0.489 e. The highest BCUT2D eigenvalue weighted by Gasteiger charge is 2.26. The van der Waals surface area contributed by atoms with Crippen molar-refractivity contribution in [3.63, 3.8) is 0 Å². The maximum absolute atomic E-state index is 13.2. The molecule has 23 heavy (non-hydrogen) atoms. The van der Waals surface area contributed by atoms with Gasteiger partial charge >= 0.3 is 5.97 Å². The van der Waals surface area contributed by atoms with E-state index in [0.29, 0.717) is 17.1 Å². The number of unbranched alkanes of at least 4 members (excludes halogenated alkanes) is 1. The van der Waals surface area contributed by atoms with Crippen molar-refractivity contribution < 1.29 is 18.7 Å². The molecule has 1 heterocycles. The molecule has 0 spiro atoms. The molecule has 0 bridgehead atoms. The van der Waals surface area contributed by atoms with E-state index in [4.69, 9.17) is 9.47 Å². The van der Waals surface area contributed by atoms with Gasteiger partial charge < -0.3 is 9.47 Å². The number of hydrogen-bond acceptors (Lipinski definition) is 3. The van der Waals surface area contributed by atoms with Crippen molar-refractivity contribution >= 4 is 11.7 Å². The van der Waals surface area contributed by atoms with Crippen molar-refractivity contribution in [3.05, 3.63) is 71.0 Å². The number of rotatable bonds is 5. The number of halogens is 1. The van der Waals surface area contributed by atoms with Gasteiger partial charge in [0.2, 0.25) is 0 Å². The fraction of sp³-hybridized carbons (Fsp3) is 0.211. The van der Waals surface area contributed by atoms with Crippen LogP contribution in [0.2, 0.25) is 0 Å². The first-order valence-corrected chi connectivity index (χ1v) is 7.61. The number of fused-ring (bicyclic) bond motifs is 1. The molecule has 0 fully saturated rings. The summed E-state index contributed by atoms with van der Waals surface area (Å²) in [6.45, 7) is 2.33. The van der Waals surface area contributed by atoms with Crippen LogP contribution < -0.4 is 4.74 Å². The van der Waals surface area contributed by atoms with Gasteiger partial charge in [-0.05, 0) is 48.4 Å². The SMILES string of the molecule is CCC/C=C1\OC(=O)c2ccc(OCc3cccc(F)c3)cc21. The topological polar surface area (TPSA) is 35.5 Å². The standard InChI is InChI=1S/C19H17FO3/c1-2-3-7-18-17-11-15(8-9-16(17)19(21)23-18)22-12-13-5-4-6-14(20)10-13/h4-11H,2-3,12H2,1H3/b18-7-. The van der Waals surface area contributed by atoms with Gasteiger partial charge in [-0.1, -0.05) is 25.5 Å². The van der Waals surface area contributed by atoms with Crippen LogP contribution in [-0.4, -0.2) is 5.97 Å². The Morgan fingerprint density at radius 3 is 2.83 bits per heavy atom.